The molecule has 0 aliphatic heterocycles. The molecular formula is C10H27N3O4Si. The van der Waals surface area contributed by atoms with E-state index >= 15 is 0 Å². The smallest absolute Gasteiger partial charge is 0.374 e. The van der Waals surface area contributed by atoms with Crippen LogP contribution in [0.3, 0.4) is 0 Å². The quantitative estimate of drug-likeness (QED) is 0.266. The van der Waals surface area contributed by atoms with E-state index in [2.05, 4.69) is 18.5 Å². The summed E-state index contributed by atoms with van der Waals surface area (Å²) in [6.07, 6.45) is 1.05. The molecule has 0 saturated carbocycles. The summed E-state index contributed by atoms with van der Waals surface area (Å²) in [7, 11) is -2.30. The van der Waals surface area contributed by atoms with Crippen molar-refractivity contribution < 1.29 is 18.1 Å². The lowest BCUT2D eigenvalue weighted by Crippen LogP contribution is -2.45. The van der Waals surface area contributed by atoms with Crippen LogP contribution in [0.15, 0.2) is 0 Å². The van der Waals surface area contributed by atoms with Crippen LogP contribution in [0.2, 0.25) is 6.04 Å². The first-order valence-electron chi connectivity index (χ1n) is 6.19. The first-order chi connectivity index (χ1) is 8.51. The number of hydrazine groups is 1. The minimum atomic E-state index is -2.30. The van der Waals surface area contributed by atoms with E-state index in [-0.39, 0.29) is 0 Å². The predicted octanol–water partition coefficient (Wildman–Crippen LogP) is 0.973. The van der Waals surface area contributed by atoms with Crippen LogP contribution in [0.25, 0.3) is 0 Å². The molecule has 7 nitrogen and oxygen atoms in total. The summed E-state index contributed by atoms with van der Waals surface area (Å²) in [6, 6.07) is 0.202. The molecule has 0 aromatic heterocycles. The Morgan fingerprint density at radius 3 is 1.56 bits per heavy atom. The number of rotatable bonds is 8. The molecule has 0 rings (SSSR count). The zero-order chi connectivity index (χ0) is 14.4. The molecule has 0 atom stereocenters. The van der Waals surface area contributed by atoms with Crippen LogP contribution in [-0.2, 0) is 13.3 Å². The first kappa shape index (κ1) is 19.7. The molecule has 0 fully saturated rings. The zero-order valence-electron chi connectivity index (χ0n) is 11.8. The third kappa shape index (κ3) is 10.5. The van der Waals surface area contributed by atoms with Crippen LogP contribution in [0.1, 0.15) is 34.1 Å². The summed E-state index contributed by atoms with van der Waals surface area (Å²) in [5.41, 5.74) is 6.08. The fraction of sp³-hybridized carbons (Fsp3) is 0.900. The largest absolute Gasteiger partial charge is 0.500 e. The maximum absolute atomic E-state index is 9.35. The van der Waals surface area contributed by atoms with Gasteiger partial charge in [0.2, 0.25) is 0 Å². The van der Waals surface area contributed by atoms with E-state index < -0.39 is 14.8 Å². The highest BCUT2D eigenvalue weighted by Gasteiger charge is 2.38. The summed E-state index contributed by atoms with van der Waals surface area (Å²) in [5, 5.41) is 0. The Balaban J connectivity index is 0. The van der Waals surface area contributed by atoms with Gasteiger partial charge in [0.1, 0.15) is 0 Å². The van der Waals surface area contributed by atoms with E-state index in [0.717, 1.165) is 12.5 Å². The predicted molar refractivity (Wildman–Crippen MR) is 72.6 cm³/mol. The summed E-state index contributed by atoms with van der Waals surface area (Å²) in [5.74, 6) is 4.45. The lowest BCUT2D eigenvalue weighted by molar-refractivity contribution is 0.0711. The van der Waals surface area contributed by atoms with Gasteiger partial charge in [0.25, 0.3) is 0 Å². The molecule has 0 aromatic rings. The zero-order valence-corrected chi connectivity index (χ0v) is 12.8. The van der Waals surface area contributed by atoms with E-state index in [1.54, 1.807) is 5.43 Å². The van der Waals surface area contributed by atoms with Crippen LogP contribution in [0, 0.1) is 0 Å². The minimum absolute atomic E-state index is 0.673. The van der Waals surface area contributed by atoms with Crippen LogP contribution in [0.4, 0.5) is 4.79 Å². The number of carbonyl (C=O) groups excluding carboxylic acids is 1. The summed E-state index contributed by atoms with van der Waals surface area (Å²) < 4.78 is 16.9. The van der Waals surface area contributed by atoms with Gasteiger partial charge in [-0.3, -0.25) is 5.43 Å². The van der Waals surface area contributed by atoms with Crippen molar-refractivity contribution in [3.8, 4) is 0 Å². The van der Waals surface area contributed by atoms with Crippen molar-refractivity contribution in [3.63, 3.8) is 0 Å². The molecule has 0 unspecified atom stereocenters. The van der Waals surface area contributed by atoms with Crippen molar-refractivity contribution in [2.45, 2.75) is 40.2 Å². The Labute approximate surface area is 110 Å². The van der Waals surface area contributed by atoms with Gasteiger partial charge in [-0.05, 0) is 20.8 Å². The summed E-state index contributed by atoms with van der Waals surface area (Å²) >= 11 is 0. The molecule has 110 valence electrons. The second-order valence-corrected chi connectivity index (χ2v) is 5.97. The molecule has 0 aliphatic carbocycles. The molecule has 0 aromatic carbocycles. The number of urea groups is 1. The van der Waals surface area contributed by atoms with E-state index in [1.165, 1.54) is 0 Å². The monoisotopic (exact) mass is 281 g/mol. The average Bonchev–Trinajstić information content (AvgIpc) is 2.31. The Bertz CT molecular complexity index is 178. The molecular weight excluding hydrogens is 254 g/mol. The topological polar surface area (TPSA) is 109 Å². The fourth-order valence-electron chi connectivity index (χ4n) is 1.31. The van der Waals surface area contributed by atoms with Gasteiger partial charge in [0, 0.05) is 25.9 Å². The Hall–Kier alpha value is -0.673. The Morgan fingerprint density at radius 1 is 1.06 bits per heavy atom. The number of nitrogens with two attached hydrogens (primary N) is 2. The van der Waals surface area contributed by atoms with E-state index in [0.29, 0.717) is 19.8 Å². The molecule has 0 saturated heterocycles. The number of hydrogen-bond donors (Lipinski definition) is 3. The van der Waals surface area contributed by atoms with Crippen LogP contribution >= 0.6 is 0 Å². The Morgan fingerprint density at radius 2 is 1.39 bits per heavy atom. The molecule has 8 heteroatoms. The number of carbonyl (C=O) groups is 1. The number of hydrogen-bond acceptors (Lipinski definition) is 5. The van der Waals surface area contributed by atoms with Gasteiger partial charge in [-0.15, -0.1) is 0 Å². The molecule has 2 amide bonds. The summed E-state index contributed by atoms with van der Waals surface area (Å²) in [4.78, 5) is 9.35. The lowest BCUT2D eigenvalue weighted by atomic mass is 10.6. The van der Waals surface area contributed by atoms with Gasteiger partial charge >= 0.3 is 14.8 Å². The maximum atomic E-state index is 9.35. The van der Waals surface area contributed by atoms with Crippen molar-refractivity contribution in [1.82, 2.24) is 5.43 Å². The third-order valence-electron chi connectivity index (χ3n) is 1.79. The van der Waals surface area contributed by atoms with Crippen LogP contribution < -0.4 is 17.0 Å². The van der Waals surface area contributed by atoms with E-state index in [9.17, 15) is 4.79 Å². The summed E-state index contributed by atoms with van der Waals surface area (Å²) in [6.45, 7) is 10.1. The molecule has 0 radical (unpaired) electrons. The van der Waals surface area contributed by atoms with Crippen molar-refractivity contribution in [2.75, 3.05) is 19.8 Å². The lowest BCUT2D eigenvalue weighted by Gasteiger charge is -2.27. The highest BCUT2D eigenvalue weighted by molar-refractivity contribution is 6.60. The number of amides is 2. The number of primary amides is 1. The normalized spacial score (nSPS) is 10.5. The maximum Gasteiger partial charge on any atom is 0.500 e. The van der Waals surface area contributed by atoms with Crippen LogP contribution in [-0.4, -0.2) is 34.7 Å². The van der Waals surface area contributed by atoms with Crippen molar-refractivity contribution in [2.24, 2.45) is 11.6 Å². The van der Waals surface area contributed by atoms with E-state index in [1.807, 2.05) is 20.8 Å². The second kappa shape index (κ2) is 12.8. The molecule has 0 aliphatic rings. The van der Waals surface area contributed by atoms with Crippen molar-refractivity contribution >= 4 is 14.8 Å². The minimum Gasteiger partial charge on any atom is -0.374 e. The Kier molecular flexibility index (Phi) is 14.0. The van der Waals surface area contributed by atoms with E-state index in [4.69, 9.17) is 13.3 Å². The van der Waals surface area contributed by atoms with Gasteiger partial charge in [0.15, 0.2) is 0 Å². The van der Waals surface area contributed by atoms with Gasteiger partial charge in [-0.2, -0.15) is 0 Å². The number of nitrogens with one attached hydrogen (secondary N) is 1. The fourth-order valence-corrected chi connectivity index (χ4v) is 3.92. The van der Waals surface area contributed by atoms with Gasteiger partial charge in [0.05, 0.1) is 0 Å². The SMILES string of the molecule is CCC[Si](OCC)(OCC)OCC.NNC(N)=O. The van der Waals surface area contributed by atoms with Gasteiger partial charge < -0.3 is 19.0 Å². The highest BCUT2D eigenvalue weighted by atomic mass is 28.4. The highest BCUT2D eigenvalue weighted by Crippen LogP contribution is 2.17. The van der Waals surface area contributed by atoms with Crippen LogP contribution in [0.5, 0.6) is 0 Å². The molecule has 0 heterocycles. The molecule has 18 heavy (non-hydrogen) atoms. The molecule has 0 spiro atoms. The first-order valence-corrected chi connectivity index (χ1v) is 8.12. The van der Waals surface area contributed by atoms with Crippen molar-refractivity contribution in [1.29, 1.82) is 0 Å². The molecule has 0 bridgehead atoms. The second-order valence-electron chi connectivity index (χ2n) is 3.24. The van der Waals surface area contributed by atoms with Gasteiger partial charge in [-0.1, -0.05) is 13.3 Å². The average molecular weight is 281 g/mol. The molecule has 5 N–H and O–H groups in total. The third-order valence-corrected chi connectivity index (χ3v) is 5.09. The standard InChI is InChI=1S/C9H22O3Si.CH5N3O/c1-5-9-13(10-6-2,11-7-3)12-8-4;2-1(5)4-3/h5-9H2,1-4H3;3H2,(H3,2,4,5). The van der Waals surface area contributed by atoms with Gasteiger partial charge in [-0.25, -0.2) is 10.6 Å². The van der Waals surface area contributed by atoms with Crippen molar-refractivity contribution in [3.05, 3.63) is 0 Å².